The van der Waals surface area contributed by atoms with E-state index in [2.05, 4.69) is 4.72 Å². The molecule has 0 fully saturated rings. The van der Waals surface area contributed by atoms with Crippen molar-refractivity contribution in [3.8, 4) is 0 Å². The quantitative estimate of drug-likeness (QED) is 0.430. The number of fused-ring (bicyclic) bond motifs is 1. The first-order valence-electron chi connectivity index (χ1n) is 7.07. The largest absolute Gasteiger partial charge is 0.394 e. The minimum absolute atomic E-state index is 0.0477. The van der Waals surface area contributed by atoms with E-state index < -0.39 is 28.6 Å². The summed E-state index contributed by atoms with van der Waals surface area (Å²) >= 11 is 0. The molecule has 0 spiro atoms. The van der Waals surface area contributed by atoms with Gasteiger partial charge in [0, 0.05) is 25.2 Å². The van der Waals surface area contributed by atoms with Crippen LogP contribution in [0.4, 0.5) is 5.69 Å². The fourth-order valence-electron chi connectivity index (χ4n) is 2.30. The van der Waals surface area contributed by atoms with E-state index in [9.17, 15) is 13.2 Å². The maximum Gasteiger partial charge on any atom is 0.263 e. The van der Waals surface area contributed by atoms with Gasteiger partial charge in [-0.15, -0.1) is 0 Å². The minimum Gasteiger partial charge on any atom is -0.394 e. The molecule has 0 saturated heterocycles. The van der Waals surface area contributed by atoms with Crippen LogP contribution in [0.3, 0.4) is 0 Å². The highest BCUT2D eigenvalue weighted by atomic mass is 32.2. The highest BCUT2D eigenvalue weighted by Crippen LogP contribution is 2.27. The molecule has 0 aliphatic rings. The average molecular weight is 353 g/mol. The zero-order valence-electron chi connectivity index (χ0n) is 13.2. The Morgan fingerprint density at radius 3 is 2.54 bits per heavy atom. The molecule has 0 aromatic heterocycles. The fourth-order valence-corrected chi connectivity index (χ4v) is 3.51. The van der Waals surface area contributed by atoms with Crippen molar-refractivity contribution in [1.82, 2.24) is 10.2 Å². The Hall–Kier alpha value is -2.20. The second-order valence-electron chi connectivity index (χ2n) is 5.39. The van der Waals surface area contributed by atoms with Crippen molar-refractivity contribution < 1.29 is 23.5 Å². The van der Waals surface area contributed by atoms with E-state index >= 15 is 0 Å². The summed E-state index contributed by atoms with van der Waals surface area (Å²) in [6, 6.07) is 8.69. The molecule has 1 amide bonds. The van der Waals surface area contributed by atoms with Gasteiger partial charge in [-0.25, -0.2) is 13.9 Å². The van der Waals surface area contributed by atoms with Crippen molar-refractivity contribution in [3.63, 3.8) is 0 Å². The number of benzene rings is 2. The van der Waals surface area contributed by atoms with Gasteiger partial charge in [-0.05, 0) is 23.6 Å². The molecule has 1 unspecified atom stereocenters. The maximum absolute atomic E-state index is 12.4. The lowest BCUT2D eigenvalue weighted by atomic mass is 10.1. The summed E-state index contributed by atoms with van der Waals surface area (Å²) < 4.78 is 27.0. The zero-order chi connectivity index (χ0) is 17.9. The summed E-state index contributed by atoms with van der Waals surface area (Å²) in [7, 11) is -0.364. The maximum atomic E-state index is 12.4. The molecule has 1 atom stereocenters. The van der Waals surface area contributed by atoms with Gasteiger partial charge < -0.3 is 10.0 Å². The van der Waals surface area contributed by atoms with Crippen molar-refractivity contribution in [1.29, 1.82) is 0 Å². The molecule has 8 nitrogen and oxygen atoms in total. The molecule has 0 saturated carbocycles. The minimum atomic E-state index is -4.06. The third-order valence-electron chi connectivity index (χ3n) is 3.53. The van der Waals surface area contributed by atoms with E-state index in [1.807, 2.05) is 37.2 Å². The summed E-state index contributed by atoms with van der Waals surface area (Å²) in [5.74, 6) is -1.05. The topological polar surface area (TPSA) is 119 Å². The molecule has 0 heterocycles. The first-order valence-corrected chi connectivity index (χ1v) is 8.55. The molecule has 0 aliphatic carbocycles. The number of aliphatic hydroxyl groups is 1. The number of nitrogens with one attached hydrogen (secondary N) is 2. The average Bonchev–Trinajstić information content (AvgIpc) is 2.57. The van der Waals surface area contributed by atoms with Gasteiger partial charge in [-0.2, -0.15) is 4.72 Å². The molecule has 130 valence electrons. The Balaban J connectivity index is 2.47. The van der Waals surface area contributed by atoms with Crippen LogP contribution < -0.4 is 15.1 Å². The molecule has 0 radical (unpaired) electrons. The van der Waals surface area contributed by atoms with Crippen molar-refractivity contribution in [2.45, 2.75) is 10.9 Å². The highest BCUT2D eigenvalue weighted by molar-refractivity contribution is 7.89. The normalized spacial score (nSPS) is 12.8. The van der Waals surface area contributed by atoms with Gasteiger partial charge in [0.05, 0.1) is 11.5 Å². The van der Waals surface area contributed by atoms with Crippen LogP contribution in [0.15, 0.2) is 41.3 Å². The van der Waals surface area contributed by atoms with Gasteiger partial charge in [-0.1, -0.05) is 18.2 Å². The Morgan fingerprint density at radius 1 is 1.25 bits per heavy atom. The van der Waals surface area contributed by atoms with E-state index in [1.54, 1.807) is 6.07 Å². The second-order valence-corrected chi connectivity index (χ2v) is 7.10. The summed E-state index contributed by atoms with van der Waals surface area (Å²) in [5.41, 5.74) is 2.16. The second kappa shape index (κ2) is 7.14. The van der Waals surface area contributed by atoms with Crippen molar-refractivity contribution in [3.05, 3.63) is 36.4 Å². The number of sulfonamides is 1. The van der Waals surface area contributed by atoms with Crippen LogP contribution in [-0.2, 0) is 14.8 Å². The zero-order valence-corrected chi connectivity index (χ0v) is 14.0. The predicted molar refractivity (Wildman–Crippen MR) is 89.4 cm³/mol. The SMILES string of the molecule is CN(C)c1cccc2ccc(S(=O)(=O)NC(CO)C(=O)NO)cc12. The summed E-state index contributed by atoms with van der Waals surface area (Å²) in [6.07, 6.45) is 0. The molecule has 2 aromatic rings. The molecule has 0 bridgehead atoms. The molecule has 4 N–H and O–H groups in total. The predicted octanol–water partition coefficient (Wildman–Crippen LogP) is 0.0504. The lowest BCUT2D eigenvalue weighted by Gasteiger charge is -2.17. The van der Waals surface area contributed by atoms with Gasteiger partial charge in [0.2, 0.25) is 10.0 Å². The van der Waals surface area contributed by atoms with Gasteiger partial charge in [0.1, 0.15) is 6.04 Å². The van der Waals surface area contributed by atoms with Crippen molar-refractivity contribution in [2.24, 2.45) is 0 Å². The number of amides is 1. The molecule has 0 aliphatic heterocycles. The number of carbonyl (C=O) groups excluding carboxylic acids is 1. The number of hydroxylamine groups is 1. The standard InChI is InChI=1S/C15H19N3O5S/c1-18(2)14-5-3-4-10-6-7-11(8-12(10)14)24(22,23)17-13(9-19)15(20)16-21/h3-8,13,17,19,21H,9H2,1-2H3,(H,16,20). The van der Waals surface area contributed by atoms with Crippen LogP contribution in [0.5, 0.6) is 0 Å². The van der Waals surface area contributed by atoms with Gasteiger partial charge >= 0.3 is 0 Å². The van der Waals surface area contributed by atoms with E-state index in [-0.39, 0.29) is 4.90 Å². The van der Waals surface area contributed by atoms with Gasteiger partial charge in [0.15, 0.2) is 0 Å². The van der Waals surface area contributed by atoms with Crippen LogP contribution in [0, 0.1) is 0 Å². The lowest BCUT2D eigenvalue weighted by molar-refractivity contribution is -0.131. The van der Waals surface area contributed by atoms with Crippen LogP contribution in [0.2, 0.25) is 0 Å². The number of hydrogen-bond donors (Lipinski definition) is 4. The third-order valence-corrected chi connectivity index (χ3v) is 5.00. The Labute approximate surface area is 139 Å². The molecule has 2 rings (SSSR count). The molecule has 24 heavy (non-hydrogen) atoms. The first kappa shape index (κ1) is 18.1. The number of aliphatic hydroxyl groups excluding tert-OH is 1. The monoisotopic (exact) mass is 353 g/mol. The van der Waals surface area contributed by atoms with Crippen LogP contribution in [0.1, 0.15) is 0 Å². The van der Waals surface area contributed by atoms with Gasteiger partial charge in [0.25, 0.3) is 5.91 Å². The number of anilines is 1. The number of rotatable bonds is 6. The van der Waals surface area contributed by atoms with E-state index in [4.69, 9.17) is 10.3 Å². The smallest absolute Gasteiger partial charge is 0.263 e. The van der Waals surface area contributed by atoms with E-state index in [0.29, 0.717) is 0 Å². The highest BCUT2D eigenvalue weighted by Gasteiger charge is 2.25. The number of hydrogen-bond acceptors (Lipinski definition) is 6. The van der Waals surface area contributed by atoms with Crippen LogP contribution in [-0.4, -0.2) is 51.4 Å². The van der Waals surface area contributed by atoms with E-state index in [0.717, 1.165) is 16.5 Å². The van der Waals surface area contributed by atoms with Crippen LogP contribution >= 0.6 is 0 Å². The summed E-state index contributed by atoms with van der Waals surface area (Å²) in [5, 5.41) is 19.3. The number of nitrogens with zero attached hydrogens (tertiary/aromatic N) is 1. The third kappa shape index (κ3) is 3.65. The Morgan fingerprint density at radius 2 is 1.96 bits per heavy atom. The van der Waals surface area contributed by atoms with Crippen molar-refractivity contribution >= 4 is 32.4 Å². The lowest BCUT2D eigenvalue weighted by Crippen LogP contribution is -2.47. The molecular weight excluding hydrogens is 334 g/mol. The Bertz CT molecular complexity index is 851. The summed E-state index contributed by atoms with van der Waals surface area (Å²) in [4.78, 5) is 13.2. The molecule has 9 heteroatoms. The van der Waals surface area contributed by atoms with Crippen molar-refractivity contribution in [2.75, 3.05) is 25.6 Å². The van der Waals surface area contributed by atoms with Gasteiger partial charge in [-0.3, -0.25) is 10.0 Å². The Kier molecular flexibility index (Phi) is 5.40. The first-order chi connectivity index (χ1) is 11.3. The fraction of sp³-hybridized carbons (Fsp3) is 0.267. The summed E-state index contributed by atoms with van der Waals surface area (Å²) in [6.45, 7) is -0.790. The molecule has 2 aromatic carbocycles. The number of carbonyl (C=O) groups is 1. The molecular formula is C15H19N3O5S. The van der Waals surface area contributed by atoms with Crippen LogP contribution in [0.25, 0.3) is 10.8 Å². The van der Waals surface area contributed by atoms with E-state index in [1.165, 1.54) is 17.6 Å².